The minimum atomic E-state index is -0.697. The number of rotatable bonds is 3. The molecule has 0 spiro atoms. The van der Waals surface area contributed by atoms with Crippen LogP contribution in [0, 0.1) is 11.3 Å². The van der Waals surface area contributed by atoms with Gasteiger partial charge in [0.05, 0.1) is 18.6 Å². The van der Waals surface area contributed by atoms with Gasteiger partial charge in [-0.05, 0) is 30.6 Å². The van der Waals surface area contributed by atoms with E-state index in [0.29, 0.717) is 18.1 Å². The highest BCUT2D eigenvalue weighted by Crippen LogP contribution is 2.48. The average molecular weight is 198 g/mol. The van der Waals surface area contributed by atoms with Gasteiger partial charge in [0.25, 0.3) is 0 Å². The summed E-state index contributed by atoms with van der Waals surface area (Å²) in [6.07, 6.45) is 4.35. The second-order valence-corrected chi connectivity index (χ2v) is 5.28. The first-order valence-corrected chi connectivity index (χ1v) is 5.36. The van der Waals surface area contributed by atoms with Crippen molar-refractivity contribution < 1.29 is 14.6 Å². The van der Waals surface area contributed by atoms with Gasteiger partial charge in [0.2, 0.25) is 0 Å². The van der Waals surface area contributed by atoms with Crippen molar-refractivity contribution in [3.05, 3.63) is 0 Å². The molecule has 2 saturated heterocycles. The lowest BCUT2D eigenvalue weighted by Gasteiger charge is -2.34. The van der Waals surface area contributed by atoms with E-state index < -0.39 is 5.97 Å². The number of carboxylic acids is 1. The summed E-state index contributed by atoms with van der Waals surface area (Å²) in [6, 6.07) is 0. The molecular formula is C11H18O3. The third kappa shape index (κ3) is 1.65. The zero-order chi connectivity index (χ0) is 10.3. The third-order valence-corrected chi connectivity index (χ3v) is 3.72. The highest BCUT2D eigenvalue weighted by atomic mass is 16.5. The van der Waals surface area contributed by atoms with E-state index in [2.05, 4.69) is 13.8 Å². The molecule has 3 atom stereocenters. The van der Waals surface area contributed by atoms with Gasteiger partial charge in [-0.2, -0.15) is 0 Å². The van der Waals surface area contributed by atoms with E-state index in [1.807, 2.05) is 0 Å². The van der Waals surface area contributed by atoms with E-state index in [-0.39, 0.29) is 11.8 Å². The summed E-state index contributed by atoms with van der Waals surface area (Å²) in [5.74, 6) is -0.255. The van der Waals surface area contributed by atoms with E-state index in [4.69, 9.17) is 9.84 Å². The minimum absolute atomic E-state index is 0.119. The van der Waals surface area contributed by atoms with Gasteiger partial charge in [0.15, 0.2) is 0 Å². The number of hydrogen-bond acceptors (Lipinski definition) is 2. The number of hydrogen-bond donors (Lipinski definition) is 1. The van der Waals surface area contributed by atoms with Gasteiger partial charge in [0, 0.05) is 0 Å². The van der Waals surface area contributed by atoms with Gasteiger partial charge in [-0.1, -0.05) is 13.8 Å². The fourth-order valence-corrected chi connectivity index (χ4v) is 2.98. The second-order valence-electron chi connectivity index (χ2n) is 5.28. The molecule has 0 amide bonds. The van der Waals surface area contributed by atoms with Crippen molar-refractivity contribution in [3.63, 3.8) is 0 Å². The SMILES string of the molecule is CC(C)(CC(=O)O)C1CC2CCC1O2. The van der Waals surface area contributed by atoms with Crippen molar-refractivity contribution in [2.24, 2.45) is 11.3 Å². The predicted molar refractivity (Wildman–Crippen MR) is 52.0 cm³/mol. The molecule has 0 aliphatic carbocycles. The van der Waals surface area contributed by atoms with Crippen LogP contribution in [0.1, 0.15) is 39.5 Å². The zero-order valence-electron chi connectivity index (χ0n) is 8.82. The van der Waals surface area contributed by atoms with Crippen LogP contribution >= 0.6 is 0 Å². The summed E-state index contributed by atoms with van der Waals surface area (Å²) in [6.45, 7) is 4.10. The Hall–Kier alpha value is -0.570. The topological polar surface area (TPSA) is 46.5 Å². The van der Waals surface area contributed by atoms with Crippen molar-refractivity contribution in [2.45, 2.75) is 51.7 Å². The number of carboxylic acid groups (broad SMARTS) is 1. The van der Waals surface area contributed by atoms with Gasteiger partial charge in [-0.25, -0.2) is 0 Å². The summed E-state index contributed by atoms with van der Waals surface area (Å²) in [7, 11) is 0. The normalized spacial score (nSPS) is 36.3. The lowest BCUT2D eigenvalue weighted by Crippen LogP contribution is -2.33. The molecule has 2 heterocycles. The number of aliphatic carboxylic acids is 1. The number of carbonyl (C=O) groups is 1. The third-order valence-electron chi connectivity index (χ3n) is 3.72. The van der Waals surface area contributed by atoms with Crippen molar-refractivity contribution in [1.29, 1.82) is 0 Å². The molecule has 2 rings (SSSR count). The maximum Gasteiger partial charge on any atom is 0.303 e. The number of fused-ring (bicyclic) bond motifs is 2. The summed E-state index contributed by atoms with van der Waals surface area (Å²) in [5, 5.41) is 8.84. The molecule has 0 aromatic heterocycles. The zero-order valence-corrected chi connectivity index (χ0v) is 8.82. The highest BCUT2D eigenvalue weighted by molar-refractivity contribution is 5.67. The summed E-state index contributed by atoms with van der Waals surface area (Å²) < 4.78 is 5.76. The average Bonchev–Trinajstić information content (AvgIpc) is 2.60. The molecule has 2 fully saturated rings. The molecule has 2 bridgehead atoms. The van der Waals surface area contributed by atoms with Gasteiger partial charge in [-0.3, -0.25) is 4.79 Å². The Labute approximate surface area is 84.4 Å². The molecule has 1 N–H and O–H groups in total. The van der Waals surface area contributed by atoms with Gasteiger partial charge in [0.1, 0.15) is 0 Å². The van der Waals surface area contributed by atoms with E-state index in [9.17, 15) is 4.79 Å². The summed E-state index contributed by atoms with van der Waals surface area (Å²) in [4.78, 5) is 10.7. The van der Waals surface area contributed by atoms with Gasteiger partial charge >= 0.3 is 5.97 Å². The van der Waals surface area contributed by atoms with E-state index >= 15 is 0 Å². The fraction of sp³-hybridized carbons (Fsp3) is 0.909. The van der Waals surface area contributed by atoms with Crippen LogP contribution in [-0.4, -0.2) is 23.3 Å². The molecule has 3 unspecified atom stereocenters. The molecule has 0 saturated carbocycles. The first-order valence-electron chi connectivity index (χ1n) is 5.36. The van der Waals surface area contributed by atoms with Crippen molar-refractivity contribution in [3.8, 4) is 0 Å². The van der Waals surface area contributed by atoms with Gasteiger partial charge < -0.3 is 9.84 Å². The van der Waals surface area contributed by atoms with Crippen LogP contribution in [0.3, 0.4) is 0 Å². The number of ether oxygens (including phenoxy) is 1. The molecule has 0 radical (unpaired) electrons. The molecule has 0 aromatic carbocycles. The lowest BCUT2D eigenvalue weighted by molar-refractivity contribution is -0.140. The summed E-state index contributed by atoms with van der Waals surface area (Å²) >= 11 is 0. The van der Waals surface area contributed by atoms with Crippen LogP contribution in [0.25, 0.3) is 0 Å². The van der Waals surface area contributed by atoms with Crippen molar-refractivity contribution >= 4 is 5.97 Å². The second kappa shape index (κ2) is 3.23. The first-order chi connectivity index (χ1) is 6.49. The molecule has 14 heavy (non-hydrogen) atoms. The Morgan fingerprint density at radius 1 is 1.50 bits per heavy atom. The lowest BCUT2D eigenvalue weighted by atomic mass is 9.69. The Balaban J connectivity index is 2.03. The molecule has 2 aliphatic heterocycles. The summed E-state index contributed by atoms with van der Waals surface area (Å²) in [5.41, 5.74) is -0.119. The predicted octanol–water partition coefficient (Wildman–Crippen LogP) is 2.05. The monoisotopic (exact) mass is 198 g/mol. The smallest absolute Gasteiger partial charge is 0.303 e. The molecule has 0 aromatic rings. The maximum atomic E-state index is 10.7. The molecule has 3 heteroatoms. The molecule has 3 nitrogen and oxygen atoms in total. The van der Waals surface area contributed by atoms with Crippen LogP contribution in [-0.2, 0) is 9.53 Å². The van der Waals surface area contributed by atoms with Crippen molar-refractivity contribution in [1.82, 2.24) is 0 Å². The van der Waals surface area contributed by atoms with Crippen LogP contribution in [0.2, 0.25) is 0 Å². The van der Waals surface area contributed by atoms with Crippen LogP contribution in [0.4, 0.5) is 0 Å². The van der Waals surface area contributed by atoms with Crippen molar-refractivity contribution in [2.75, 3.05) is 0 Å². The highest BCUT2D eigenvalue weighted by Gasteiger charge is 2.48. The van der Waals surface area contributed by atoms with Gasteiger partial charge in [-0.15, -0.1) is 0 Å². The standard InChI is InChI=1S/C11H18O3/c1-11(2,6-10(12)13)8-5-7-3-4-9(8)14-7/h7-9H,3-6H2,1-2H3,(H,12,13). The minimum Gasteiger partial charge on any atom is -0.481 e. The Morgan fingerprint density at radius 3 is 2.64 bits per heavy atom. The van der Waals surface area contributed by atoms with E-state index in [1.54, 1.807) is 0 Å². The van der Waals surface area contributed by atoms with Crippen LogP contribution in [0.5, 0.6) is 0 Å². The van der Waals surface area contributed by atoms with E-state index in [0.717, 1.165) is 12.8 Å². The Kier molecular flexibility index (Phi) is 2.30. The first kappa shape index (κ1) is 9.97. The fourth-order valence-electron chi connectivity index (χ4n) is 2.98. The largest absolute Gasteiger partial charge is 0.481 e. The quantitative estimate of drug-likeness (QED) is 0.755. The van der Waals surface area contributed by atoms with E-state index in [1.165, 1.54) is 6.42 Å². The van der Waals surface area contributed by atoms with Crippen LogP contribution < -0.4 is 0 Å². The molecule has 80 valence electrons. The Bertz CT molecular complexity index is 247. The Morgan fingerprint density at radius 2 is 2.21 bits per heavy atom. The maximum absolute atomic E-state index is 10.7. The molecule has 2 aliphatic rings. The molecular weight excluding hydrogens is 180 g/mol. The van der Waals surface area contributed by atoms with Crippen LogP contribution in [0.15, 0.2) is 0 Å².